The first kappa shape index (κ1) is 18.4. The number of aliphatic hydroxyl groups excluding tert-OH is 1. The molecule has 0 aliphatic rings. The SMILES string of the molecule is C[n+]1ccc(COC(=O)C(CO)NC(=O)OCc2ccccc2)cc1. The first-order chi connectivity index (χ1) is 12.1. The molecular weight excluding hydrogens is 324 g/mol. The quantitative estimate of drug-likeness (QED) is 0.573. The van der Waals surface area contributed by atoms with Crippen LogP contribution >= 0.6 is 0 Å². The van der Waals surface area contributed by atoms with Crippen LogP contribution in [0.5, 0.6) is 0 Å². The van der Waals surface area contributed by atoms with Gasteiger partial charge in [-0.1, -0.05) is 30.3 Å². The van der Waals surface area contributed by atoms with E-state index in [1.165, 1.54) is 0 Å². The van der Waals surface area contributed by atoms with Crippen molar-refractivity contribution in [3.05, 3.63) is 66.0 Å². The molecule has 2 N–H and O–H groups in total. The molecule has 2 rings (SSSR count). The van der Waals surface area contributed by atoms with Crippen molar-refractivity contribution in [3.8, 4) is 0 Å². The zero-order chi connectivity index (χ0) is 18.1. The van der Waals surface area contributed by atoms with Crippen LogP contribution in [0.15, 0.2) is 54.9 Å². The Labute approximate surface area is 145 Å². The molecule has 2 aromatic rings. The van der Waals surface area contributed by atoms with Gasteiger partial charge in [-0.25, -0.2) is 14.2 Å². The highest BCUT2D eigenvalue weighted by Gasteiger charge is 2.22. The second-order valence-electron chi connectivity index (χ2n) is 5.42. The van der Waals surface area contributed by atoms with E-state index in [4.69, 9.17) is 9.47 Å². The Balaban J connectivity index is 1.78. The predicted octanol–water partition coefficient (Wildman–Crippen LogP) is 0.842. The van der Waals surface area contributed by atoms with Gasteiger partial charge in [0, 0.05) is 17.7 Å². The summed E-state index contributed by atoms with van der Waals surface area (Å²) in [5.41, 5.74) is 1.62. The van der Waals surface area contributed by atoms with Crippen LogP contribution in [0.3, 0.4) is 0 Å². The van der Waals surface area contributed by atoms with Gasteiger partial charge in [0.05, 0.1) is 6.61 Å². The van der Waals surface area contributed by atoms with Gasteiger partial charge in [0.2, 0.25) is 0 Å². The van der Waals surface area contributed by atoms with E-state index in [9.17, 15) is 14.7 Å². The molecule has 1 amide bonds. The Bertz CT molecular complexity index is 688. The summed E-state index contributed by atoms with van der Waals surface area (Å²) in [6.07, 6.45) is 2.85. The number of carbonyl (C=O) groups is 2. The number of esters is 1. The lowest BCUT2D eigenvalue weighted by Gasteiger charge is -2.15. The normalized spacial score (nSPS) is 11.4. The van der Waals surface area contributed by atoms with Crippen molar-refractivity contribution in [1.29, 1.82) is 0 Å². The molecule has 0 aliphatic heterocycles. The molecule has 132 valence electrons. The largest absolute Gasteiger partial charge is 0.459 e. The zero-order valence-corrected chi connectivity index (χ0v) is 13.9. The van der Waals surface area contributed by atoms with Crippen molar-refractivity contribution in [3.63, 3.8) is 0 Å². The molecule has 1 aromatic heterocycles. The van der Waals surface area contributed by atoms with Gasteiger partial charge in [0.1, 0.15) is 20.3 Å². The van der Waals surface area contributed by atoms with Gasteiger partial charge in [0.15, 0.2) is 18.4 Å². The van der Waals surface area contributed by atoms with E-state index >= 15 is 0 Å². The molecule has 0 saturated carbocycles. The van der Waals surface area contributed by atoms with E-state index < -0.39 is 24.7 Å². The van der Waals surface area contributed by atoms with E-state index in [-0.39, 0.29) is 13.2 Å². The highest BCUT2D eigenvalue weighted by atomic mass is 16.6. The number of aliphatic hydroxyl groups is 1. The van der Waals surface area contributed by atoms with Crippen molar-refractivity contribution in [2.45, 2.75) is 19.3 Å². The lowest BCUT2D eigenvalue weighted by molar-refractivity contribution is -0.671. The number of carbonyl (C=O) groups excluding carboxylic acids is 2. The number of rotatable bonds is 7. The molecule has 0 fully saturated rings. The van der Waals surface area contributed by atoms with Crippen LogP contribution in [-0.2, 0) is 34.5 Å². The molecule has 1 aromatic carbocycles. The Hall–Kier alpha value is -2.93. The molecule has 25 heavy (non-hydrogen) atoms. The average molecular weight is 345 g/mol. The smallest absolute Gasteiger partial charge is 0.408 e. The topological polar surface area (TPSA) is 88.7 Å². The molecule has 0 aliphatic carbocycles. The Morgan fingerprint density at radius 2 is 1.64 bits per heavy atom. The van der Waals surface area contributed by atoms with Crippen LogP contribution in [0.25, 0.3) is 0 Å². The molecule has 0 saturated heterocycles. The number of aromatic nitrogens is 1. The van der Waals surface area contributed by atoms with Crippen LogP contribution in [0.4, 0.5) is 4.79 Å². The third-order valence-corrected chi connectivity index (χ3v) is 3.40. The van der Waals surface area contributed by atoms with E-state index in [0.29, 0.717) is 0 Å². The molecule has 7 nitrogen and oxygen atoms in total. The number of pyridine rings is 1. The predicted molar refractivity (Wildman–Crippen MR) is 88.1 cm³/mol. The van der Waals surface area contributed by atoms with E-state index in [1.807, 2.05) is 66.5 Å². The molecular formula is C18H21N2O5+. The van der Waals surface area contributed by atoms with Gasteiger partial charge >= 0.3 is 12.1 Å². The number of ether oxygens (including phenoxy) is 2. The Morgan fingerprint density at radius 1 is 1.04 bits per heavy atom. The number of nitrogens with one attached hydrogen (secondary N) is 1. The maximum Gasteiger partial charge on any atom is 0.408 e. The van der Waals surface area contributed by atoms with Crippen LogP contribution in [-0.4, -0.2) is 29.8 Å². The summed E-state index contributed by atoms with van der Waals surface area (Å²) in [6, 6.07) is 11.6. The van der Waals surface area contributed by atoms with Gasteiger partial charge in [0.25, 0.3) is 0 Å². The monoisotopic (exact) mass is 345 g/mol. The van der Waals surface area contributed by atoms with Gasteiger partial charge in [-0.2, -0.15) is 0 Å². The lowest BCUT2D eigenvalue weighted by atomic mass is 10.2. The average Bonchev–Trinajstić information content (AvgIpc) is 2.64. The van der Waals surface area contributed by atoms with Crippen molar-refractivity contribution in [1.82, 2.24) is 5.32 Å². The number of benzene rings is 1. The molecule has 1 unspecified atom stereocenters. The zero-order valence-electron chi connectivity index (χ0n) is 13.9. The minimum Gasteiger partial charge on any atom is -0.459 e. The van der Waals surface area contributed by atoms with Gasteiger partial charge < -0.3 is 19.9 Å². The Morgan fingerprint density at radius 3 is 2.28 bits per heavy atom. The highest BCUT2D eigenvalue weighted by Crippen LogP contribution is 2.02. The van der Waals surface area contributed by atoms with Crippen LogP contribution in [0.1, 0.15) is 11.1 Å². The fourth-order valence-electron chi connectivity index (χ4n) is 1.97. The number of alkyl carbamates (subject to hydrolysis) is 1. The summed E-state index contributed by atoms with van der Waals surface area (Å²) in [6.45, 7) is -0.458. The first-order valence-corrected chi connectivity index (χ1v) is 7.77. The minimum atomic E-state index is -1.18. The standard InChI is InChI=1S/C18H20N2O5/c1-20-9-7-15(8-10-20)12-24-17(22)16(11-21)19-18(23)25-13-14-5-3-2-4-6-14/h2-10,16,21H,11-13H2,1H3/p+1. The molecule has 0 radical (unpaired) electrons. The van der Waals surface area contributed by atoms with E-state index in [0.717, 1.165) is 11.1 Å². The summed E-state index contributed by atoms with van der Waals surface area (Å²) < 4.78 is 12.0. The molecule has 7 heteroatoms. The number of amides is 1. The number of hydrogen-bond acceptors (Lipinski definition) is 5. The molecule has 1 atom stereocenters. The third-order valence-electron chi connectivity index (χ3n) is 3.40. The second kappa shape index (κ2) is 9.39. The van der Waals surface area contributed by atoms with E-state index in [1.54, 1.807) is 0 Å². The van der Waals surface area contributed by atoms with Crippen molar-refractivity contribution in [2.75, 3.05) is 6.61 Å². The summed E-state index contributed by atoms with van der Waals surface area (Å²) in [5, 5.41) is 11.6. The van der Waals surface area contributed by atoms with Crippen LogP contribution < -0.4 is 9.88 Å². The summed E-state index contributed by atoms with van der Waals surface area (Å²) >= 11 is 0. The third kappa shape index (κ3) is 6.23. The summed E-state index contributed by atoms with van der Waals surface area (Å²) in [5.74, 6) is -0.729. The van der Waals surface area contributed by atoms with Gasteiger partial charge in [-0.05, 0) is 5.56 Å². The van der Waals surface area contributed by atoms with Crippen molar-refractivity contribution >= 4 is 12.1 Å². The second-order valence-corrected chi connectivity index (χ2v) is 5.42. The number of hydrogen-bond donors (Lipinski definition) is 2. The maximum atomic E-state index is 12.0. The Kier molecular flexibility index (Phi) is 6.91. The van der Waals surface area contributed by atoms with Crippen LogP contribution in [0.2, 0.25) is 0 Å². The summed E-state index contributed by atoms with van der Waals surface area (Å²) in [7, 11) is 1.88. The van der Waals surface area contributed by atoms with Crippen molar-refractivity contribution in [2.24, 2.45) is 7.05 Å². The van der Waals surface area contributed by atoms with Gasteiger partial charge in [-0.15, -0.1) is 0 Å². The maximum absolute atomic E-state index is 12.0. The first-order valence-electron chi connectivity index (χ1n) is 7.77. The fourth-order valence-corrected chi connectivity index (χ4v) is 1.97. The van der Waals surface area contributed by atoms with E-state index in [2.05, 4.69) is 5.32 Å². The van der Waals surface area contributed by atoms with Crippen LogP contribution in [0, 0.1) is 0 Å². The molecule has 0 bridgehead atoms. The van der Waals surface area contributed by atoms with Gasteiger partial charge in [-0.3, -0.25) is 0 Å². The highest BCUT2D eigenvalue weighted by molar-refractivity contribution is 5.81. The summed E-state index contributed by atoms with van der Waals surface area (Å²) in [4.78, 5) is 23.7. The minimum absolute atomic E-state index is 0.0525. The number of nitrogens with zero attached hydrogens (tertiary/aromatic N) is 1. The molecule has 1 heterocycles. The lowest BCUT2D eigenvalue weighted by Crippen LogP contribution is -2.44. The fraction of sp³-hybridized carbons (Fsp3) is 0.278. The number of aryl methyl sites for hydroxylation is 1. The van der Waals surface area contributed by atoms with Crippen molar-refractivity contribution < 1.29 is 28.7 Å². The molecule has 0 spiro atoms.